The van der Waals surface area contributed by atoms with Crippen molar-refractivity contribution in [1.29, 1.82) is 5.26 Å². The predicted molar refractivity (Wildman–Crippen MR) is 78.5 cm³/mol. The number of rotatable bonds is 4. The highest BCUT2D eigenvalue weighted by Gasteiger charge is 2.28. The first kappa shape index (κ1) is 15.8. The molecule has 1 aliphatic heterocycles. The largest absolute Gasteiger partial charge is 0.495 e. The van der Waals surface area contributed by atoms with Gasteiger partial charge in [0.2, 0.25) is 10.0 Å². The molecule has 114 valence electrons. The van der Waals surface area contributed by atoms with E-state index in [1.54, 1.807) is 0 Å². The fraction of sp³-hybridized carbons (Fsp3) is 0.500. The first-order valence-electron chi connectivity index (χ1n) is 6.82. The maximum atomic E-state index is 12.5. The van der Waals surface area contributed by atoms with Gasteiger partial charge in [0.25, 0.3) is 0 Å². The Kier molecular flexibility index (Phi) is 4.83. The van der Waals surface area contributed by atoms with Crippen molar-refractivity contribution in [3.63, 3.8) is 0 Å². The van der Waals surface area contributed by atoms with Crippen LogP contribution in [0.2, 0.25) is 0 Å². The second-order valence-corrected chi connectivity index (χ2v) is 6.77. The Morgan fingerprint density at radius 3 is 2.86 bits per heavy atom. The summed E-state index contributed by atoms with van der Waals surface area (Å²) in [6, 6.07) is 6.20. The van der Waals surface area contributed by atoms with Crippen LogP contribution in [0.4, 0.5) is 0 Å². The molecule has 2 rings (SSSR count). The summed E-state index contributed by atoms with van der Waals surface area (Å²) < 4.78 is 32.9. The van der Waals surface area contributed by atoms with Crippen molar-refractivity contribution in [3.05, 3.63) is 23.8 Å². The molecule has 0 aliphatic carbocycles. The zero-order valence-corrected chi connectivity index (χ0v) is 12.9. The van der Waals surface area contributed by atoms with Crippen LogP contribution in [0.5, 0.6) is 5.75 Å². The minimum atomic E-state index is -3.68. The topological polar surface area (TPSA) is 91.2 Å². The SMILES string of the molecule is COc1cc(C#N)ccc1S(=O)(=O)NC1CCCNC1C. The summed E-state index contributed by atoms with van der Waals surface area (Å²) in [5.74, 6) is 0.179. The molecule has 0 spiro atoms. The molecule has 2 unspecified atom stereocenters. The molecule has 1 aromatic rings. The summed E-state index contributed by atoms with van der Waals surface area (Å²) in [6.45, 7) is 2.86. The Hall–Kier alpha value is -1.62. The fourth-order valence-corrected chi connectivity index (χ4v) is 3.93. The third kappa shape index (κ3) is 3.53. The Morgan fingerprint density at radius 2 is 2.24 bits per heavy atom. The maximum Gasteiger partial charge on any atom is 0.244 e. The average Bonchev–Trinajstić information content (AvgIpc) is 2.48. The van der Waals surface area contributed by atoms with Gasteiger partial charge < -0.3 is 10.1 Å². The first-order valence-corrected chi connectivity index (χ1v) is 8.30. The van der Waals surface area contributed by atoms with E-state index in [0.717, 1.165) is 19.4 Å². The highest BCUT2D eigenvalue weighted by molar-refractivity contribution is 7.89. The lowest BCUT2D eigenvalue weighted by molar-refractivity contribution is 0.347. The first-order chi connectivity index (χ1) is 9.97. The van der Waals surface area contributed by atoms with Crippen LogP contribution in [-0.2, 0) is 10.0 Å². The minimum Gasteiger partial charge on any atom is -0.495 e. The summed E-state index contributed by atoms with van der Waals surface area (Å²) in [4.78, 5) is 0.0572. The number of ether oxygens (including phenoxy) is 1. The van der Waals surface area contributed by atoms with E-state index in [-0.39, 0.29) is 22.7 Å². The highest BCUT2D eigenvalue weighted by Crippen LogP contribution is 2.25. The normalized spacial score (nSPS) is 22.5. The van der Waals surface area contributed by atoms with E-state index in [0.29, 0.717) is 5.56 Å². The number of benzene rings is 1. The highest BCUT2D eigenvalue weighted by atomic mass is 32.2. The van der Waals surface area contributed by atoms with Gasteiger partial charge in [-0.15, -0.1) is 0 Å². The number of nitrogens with one attached hydrogen (secondary N) is 2. The van der Waals surface area contributed by atoms with Gasteiger partial charge in [-0.2, -0.15) is 5.26 Å². The molecule has 1 heterocycles. The van der Waals surface area contributed by atoms with E-state index in [9.17, 15) is 8.42 Å². The average molecular weight is 309 g/mol. The van der Waals surface area contributed by atoms with E-state index in [4.69, 9.17) is 10.00 Å². The zero-order valence-electron chi connectivity index (χ0n) is 12.1. The van der Waals surface area contributed by atoms with Gasteiger partial charge in [-0.1, -0.05) is 0 Å². The van der Waals surface area contributed by atoms with Crippen LogP contribution in [0.3, 0.4) is 0 Å². The van der Waals surface area contributed by atoms with Gasteiger partial charge in [0.05, 0.1) is 18.7 Å². The molecule has 1 aliphatic rings. The molecule has 0 aromatic heterocycles. The van der Waals surface area contributed by atoms with E-state index < -0.39 is 10.0 Å². The third-order valence-corrected chi connectivity index (χ3v) is 5.18. The van der Waals surface area contributed by atoms with Crippen LogP contribution >= 0.6 is 0 Å². The van der Waals surface area contributed by atoms with Crippen molar-refractivity contribution in [2.75, 3.05) is 13.7 Å². The molecule has 1 aromatic carbocycles. The second kappa shape index (κ2) is 6.43. The molecule has 2 atom stereocenters. The Morgan fingerprint density at radius 1 is 1.48 bits per heavy atom. The number of nitrogens with zero attached hydrogens (tertiary/aromatic N) is 1. The van der Waals surface area contributed by atoms with Gasteiger partial charge in [-0.25, -0.2) is 13.1 Å². The molecule has 0 amide bonds. The van der Waals surface area contributed by atoms with Crippen molar-refractivity contribution in [2.45, 2.75) is 36.7 Å². The molecule has 0 bridgehead atoms. The fourth-order valence-electron chi connectivity index (χ4n) is 2.43. The van der Waals surface area contributed by atoms with Crippen LogP contribution in [0.15, 0.2) is 23.1 Å². The summed E-state index contributed by atoms with van der Waals surface area (Å²) in [5, 5.41) is 12.1. The van der Waals surface area contributed by atoms with Crippen molar-refractivity contribution in [2.24, 2.45) is 0 Å². The molecular weight excluding hydrogens is 290 g/mol. The summed E-state index contributed by atoms with van der Waals surface area (Å²) in [5.41, 5.74) is 0.360. The summed E-state index contributed by atoms with van der Waals surface area (Å²) in [7, 11) is -2.30. The molecule has 6 nitrogen and oxygen atoms in total. The molecule has 0 radical (unpaired) electrons. The molecule has 1 fully saturated rings. The molecule has 7 heteroatoms. The molecule has 1 saturated heterocycles. The number of piperidine rings is 1. The number of nitriles is 1. The van der Waals surface area contributed by atoms with E-state index in [2.05, 4.69) is 10.0 Å². The van der Waals surface area contributed by atoms with Gasteiger partial charge in [-0.05, 0) is 44.5 Å². The number of hydrogen-bond donors (Lipinski definition) is 2. The van der Waals surface area contributed by atoms with Gasteiger partial charge in [0.15, 0.2) is 0 Å². The Balaban J connectivity index is 2.29. The van der Waals surface area contributed by atoms with Crippen molar-refractivity contribution < 1.29 is 13.2 Å². The van der Waals surface area contributed by atoms with Gasteiger partial charge >= 0.3 is 0 Å². The summed E-state index contributed by atoms with van der Waals surface area (Å²) in [6.07, 6.45) is 1.73. The van der Waals surface area contributed by atoms with Crippen LogP contribution in [0, 0.1) is 11.3 Å². The predicted octanol–water partition coefficient (Wildman–Crippen LogP) is 0.986. The standard InChI is InChI=1S/C14H19N3O3S/c1-10-12(4-3-7-16-10)17-21(18,19)14-6-5-11(9-15)8-13(14)20-2/h5-6,8,10,12,16-17H,3-4,7H2,1-2H3. The van der Waals surface area contributed by atoms with Crippen LogP contribution in [0.1, 0.15) is 25.3 Å². The summed E-state index contributed by atoms with van der Waals surface area (Å²) >= 11 is 0. The third-order valence-electron chi connectivity index (χ3n) is 3.65. The Labute approximate surface area is 125 Å². The lowest BCUT2D eigenvalue weighted by Gasteiger charge is -2.30. The molecule has 21 heavy (non-hydrogen) atoms. The Bertz CT molecular complexity index is 652. The smallest absolute Gasteiger partial charge is 0.244 e. The van der Waals surface area contributed by atoms with Gasteiger partial charge in [-0.3, -0.25) is 0 Å². The van der Waals surface area contributed by atoms with Crippen molar-refractivity contribution in [3.8, 4) is 11.8 Å². The molecule has 2 N–H and O–H groups in total. The maximum absolute atomic E-state index is 12.5. The van der Waals surface area contributed by atoms with Crippen molar-refractivity contribution in [1.82, 2.24) is 10.0 Å². The van der Waals surface area contributed by atoms with E-state index in [1.165, 1.54) is 25.3 Å². The monoisotopic (exact) mass is 309 g/mol. The number of hydrogen-bond acceptors (Lipinski definition) is 5. The van der Waals surface area contributed by atoms with Crippen LogP contribution in [-0.4, -0.2) is 34.2 Å². The minimum absolute atomic E-state index is 0.0572. The quantitative estimate of drug-likeness (QED) is 0.865. The lowest BCUT2D eigenvalue weighted by Crippen LogP contribution is -2.51. The van der Waals surface area contributed by atoms with E-state index >= 15 is 0 Å². The molecular formula is C14H19N3O3S. The van der Waals surface area contributed by atoms with Crippen LogP contribution < -0.4 is 14.8 Å². The number of methoxy groups -OCH3 is 1. The van der Waals surface area contributed by atoms with Gasteiger partial charge in [0, 0.05) is 12.1 Å². The van der Waals surface area contributed by atoms with E-state index in [1.807, 2.05) is 13.0 Å². The number of sulfonamides is 1. The zero-order chi connectivity index (χ0) is 15.5. The van der Waals surface area contributed by atoms with Crippen molar-refractivity contribution >= 4 is 10.0 Å². The molecule has 0 saturated carbocycles. The van der Waals surface area contributed by atoms with Crippen LogP contribution in [0.25, 0.3) is 0 Å². The second-order valence-electron chi connectivity index (χ2n) is 5.09. The van der Waals surface area contributed by atoms with Gasteiger partial charge in [0.1, 0.15) is 10.6 Å². The lowest BCUT2D eigenvalue weighted by atomic mass is 10.0.